The minimum absolute atomic E-state index is 0.1000. The van der Waals surface area contributed by atoms with Gasteiger partial charge in [-0.2, -0.15) is 0 Å². The number of carbonyl (C=O) groups is 1. The van der Waals surface area contributed by atoms with Crippen molar-refractivity contribution >= 4 is 17.3 Å². The van der Waals surface area contributed by atoms with Gasteiger partial charge in [0.25, 0.3) is 5.91 Å². The fourth-order valence-corrected chi connectivity index (χ4v) is 3.31. The van der Waals surface area contributed by atoms with Gasteiger partial charge in [0.05, 0.1) is 13.2 Å². The molecule has 0 saturated carbocycles. The average molecular weight is 449 g/mol. The Labute approximate surface area is 195 Å². The van der Waals surface area contributed by atoms with E-state index in [1.807, 2.05) is 88.4 Å². The van der Waals surface area contributed by atoms with Crippen LogP contribution in [0.5, 0.6) is 17.2 Å². The van der Waals surface area contributed by atoms with E-state index < -0.39 is 0 Å². The fraction of sp³-hybridized carbons (Fsp3) is 0.296. The van der Waals surface area contributed by atoms with Gasteiger partial charge in [-0.25, -0.2) is 0 Å². The highest BCUT2D eigenvalue weighted by atomic mass is 16.5. The van der Waals surface area contributed by atoms with Gasteiger partial charge in [0.1, 0.15) is 5.75 Å². The van der Waals surface area contributed by atoms with Gasteiger partial charge in [-0.1, -0.05) is 18.2 Å². The summed E-state index contributed by atoms with van der Waals surface area (Å²) >= 11 is 0. The van der Waals surface area contributed by atoms with Crippen LogP contribution in [0.25, 0.3) is 0 Å². The molecule has 0 heterocycles. The Hall–Kier alpha value is -3.67. The summed E-state index contributed by atoms with van der Waals surface area (Å²) in [6.07, 6.45) is 0. The Morgan fingerprint density at radius 3 is 2.33 bits per heavy atom. The molecule has 0 radical (unpaired) electrons. The van der Waals surface area contributed by atoms with Crippen LogP contribution >= 0.6 is 0 Å². The van der Waals surface area contributed by atoms with Gasteiger partial charge >= 0.3 is 0 Å². The molecule has 6 nitrogen and oxygen atoms in total. The second-order valence-corrected chi connectivity index (χ2v) is 7.61. The highest BCUT2D eigenvalue weighted by Gasteiger charge is 2.11. The smallest absolute Gasteiger partial charge is 0.262 e. The summed E-state index contributed by atoms with van der Waals surface area (Å²) in [5.41, 5.74) is 5.01. The predicted molar refractivity (Wildman–Crippen MR) is 133 cm³/mol. The number of hydrogen-bond acceptors (Lipinski definition) is 5. The molecule has 33 heavy (non-hydrogen) atoms. The Morgan fingerprint density at radius 2 is 1.61 bits per heavy atom. The van der Waals surface area contributed by atoms with Crippen molar-refractivity contribution in [1.29, 1.82) is 0 Å². The molecule has 0 saturated heterocycles. The number of amides is 1. The molecule has 0 aliphatic carbocycles. The van der Waals surface area contributed by atoms with Gasteiger partial charge in [0.15, 0.2) is 18.1 Å². The minimum atomic E-state index is -0.215. The molecular weight excluding hydrogens is 416 g/mol. The fourth-order valence-electron chi connectivity index (χ4n) is 3.31. The Morgan fingerprint density at radius 1 is 0.848 bits per heavy atom. The van der Waals surface area contributed by atoms with Crippen molar-refractivity contribution in [1.82, 2.24) is 0 Å². The quantitative estimate of drug-likeness (QED) is 0.392. The molecule has 6 heteroatoms. The van der Waals surface area contributed by atoms with E-state index in [2.05, 4.69) is 10.6 Å². The molecule has 174 valence electrons. The van der Waals surface area contributed by atoms with Crippen molar-refractivity contribution < 1.29 is 19.0 Å². The molecule has 3 aromatic carbocycles. The highest BCUT2D eigenvalue weighted by Crippen LogP contribution is 2.29. The summed E-state index contributed by atoms with van der Waals surface area (Å²) in [6, 6.07) is 19.4. The summed E-state index contributed by atoms with van der Waals surface area (Å²) in [6.45, 7) is 9.56. The topological polar surface area (TPSA) is 68.8 Å². The second kappa shape index (κ2) is 11.8. The molecule has 0 spiro atoms. The van der Waals surface area contributed by atoms with Crippen molar-refractivity contribution in [3.05, 3.63) is 77.4 Å². The van der Waals surface area contributed by atoms with Gasteiger partial charge in [-0.3, -0.25) is 4.79 Å². The number of anilines is 2. The maximum Gasteiger partial charge on any atom is 0.262 e. The van der Waals surface area contributed by atoms with E-state index in [0.717, 1.165) is 33.8 Å². The Bertz CT molecular complexity index is 1060. The summed E-state index contributed by atoms with van der Waals surface area (Å²) in [7, 11) is 0. The second-order valence-electron chi connectivity index (χ2n) is 7.61. The molecule has 0 unspecified atom stereocenters. The van der Waals surface area contributed by atoms with E-state index in [9.17, 15) is 4.79 Å². The molecule has 0 aromatic heterocycles. The van der Waals surface area contributed by atoms with Gasteiger partial charge < -0.3 is 24.8 Å². The van der Waals surface area contributed by atoms with E-state index >= 15 is 0 Å². The minimum Gasteiger partial charge on any atom is -0.494 e. The largest absolute Gasteiger partial charge is 0.494 e. The lowest BCUT2D eigenvalue weighted by molar-refractivity contribution is -0.118. The number of nitrogens with one attached hydrogen (secondary N) is 2. The van der Waals surface area contributed by atoms with Crippen LogP contribution < -0.4 is 24.8 Å². The highest BCUT2D eigenvalue weighted by molar-refractivity contribution is 5.92. The molecule has 0 bridgehead atoms. The van der Waals surface area contributed by atoms with Crippen molar-refractivity contribution in [3.8, 4) is 17.2 Å². The summed E-state index contributed by atoms with van der Waals surface area (Å²) < 4.78 is 17.0. The van der Waals surface area contributed by atoms with Crippen LogP contribution in [-0.2, 0) is 11.3 Å². The number of benzene rings is 3. The number of rotatable bonds is 11. The van der Waals surface area contributed by atoms with E-state index in [-0.39, 0.29) is 12.5 Å². The molecule has 1 amide bonds. The van der Waals surface area contributed by atoms with E-state index in [1.54, 1.807) is 0 Å². The van der Waals surface area contributed by atoms with Gasteiger partial charge in [-0.05, 0) is 86.8 Å². The lowest BCUT2D eigenvalue weighted by Crippen LogP contribution is -2.21. The normalized spacial score (nSPS) is 10.4. The van der Waals surface area contributed by atoms with Gasteiger partial charge in [-0.15, -0.1) is 0 Å². The van der Waals surface area contributed by atoms with Crippen LogP contribution in [0, 0.1) is 13.8 Å². The van der Waals surface area contributed by atoms with Crippen molar-refractivity contribution in [3.63, 3.8) is 0 Å². The van der Waals surface area contributed by atoms with Crippen LogP contribution in [-0.4, -0.2) is 25.7 Å². The molecule has 2 N–H and O–H groups in total. The van der Waals surface area contributed by atoms with Crippen LogP contribution in [0.3, 0.4) is 0 Å². The number of aryl methyl sites for hydroxylation is 1. The first-order chi connectivity index (χ1) is 16.0. The maximum atomic E-state index is 12.4. The molecular formula is C27H32N2O4. The van der Waals surface area contributed by atoms with Gasteiger partial charge in [0.2, 0.25) is 0 Å². The predicted octanol–water partition coefficient (Wildman–Crippen LogP) is 5.73. The van der Waals surface area contributed by atoms with Crippen molar-refractivity contribution in [2.24, 2.45) is 0 Å². The molecule has 0 fully saturated rings. The third kappa shape index (κ3) is 6.91. The molecule has 3 rings (SSSR count). The third-order valence-electron chi connectivity index (χ3n) is 5.21. The van der Waals surface area contributed by atoms with Crippen LogP contribution in [0.4, 0.5) is 11.4 Å². The van der Waals surface area contributed by atoms with E-state index in [1.165, 1.54) is 0 Å². The molecule has 0 aliphatic rings. The zero-order valence-electron chi connectivity index (χ0n) is 19.7. The monoisotopic (exact) mass is 448 g/mol. The third-order valence-corrected chi connectivity index (χ3v) is 5.21. The van der Waals surface area contributed by atoms with Crippen LogP contribution in [0.2, 0.25) is 0 Å². The first-order valence-corrected chi connectivity index (χ1v) is 11.2. The zero-order valence-corrected chi connectivity index (χ0v) is 19.7. The number of ether oxygens (including phenoxy) is 3. The molecule has 0 atom stereocenters. The summed E-state index contributed by atoms with van der Waals surface area (Å²) in [5.74, 6) is 1.79. The summed E-state index contributed by atoms with van der Waals surface area (Å²) in [5, 5.41) is 6.30. The van der Waals surface area contributed by atoms with Crippen LogP contribution in [0.15, 0.2) is 60.7 Å². The molecule has 3 aromatic rings. The van der Waals surface area contributed by atoms with Crippen LogP contribution in [0.1, 0.15) is 30.5 Å². The SMILES string of the molecule is CCOc1ccc(NCc2ccc(OCC(=O)Nc3cccc(C)c3C)c(OCC)c2)cc1. The summed E-state index contributed by atoms with van der Waals surface area (Å²) in [4.78, 5) is 12.4. The number of hydrogen-bond donors (Lipinski definition) is 2. The Kier molecular flexibility index (Phi) is 8.58. The standard InChI is InChI=1S/C27H32N2O4/c1-5-31-23-13-11-22(12-14-23)28-17-21-10-15-25(26(16-21)32-6-2)33-18-27(30)29-24-9-7-8-19(3)20(24)4/h7-16,28H,5-6,17-18H2,1-4H3,(H,29,30). The van der Waals surface area contributed by atoms with Crippen molar-refractivity contribution in [2.45, 2.75) is 34.2 Å². The average Bonchev–Trinajstić information content (AvgIpc) is 2.81. The Balaban J connectivity index is 1.59. The van der Waals surface area contributed by atoms with Gasteiger partial charge in [0, 0.05) is 17.9 Å². The zero-order chi connectivity index (χ0) is 23.6. The lowest BCUT2D eigenvalue weighted by Gasteiger charge is -2.15. The lowest BCUT2D eigenvalue weighted by atomic mass is 10.1. The van der Waals surface area contributed by atoms with E-state index in [0.29, 0.717) is 31.3 Å². The number of carbonyl (C=O) groups excluding carboxylic acids is 1. The first kappa shape index (κ1) is 24.0. The van der Waals surface area contributed by atoms with Crippen molar-refractivity contribution in [2.75, 3.05) is 30.5 Å². The molecule has 0 aliphatic heterocycles. The van der Waals surface area contributed by atoms with E-state index in [4.69, 9.17) is 14.2 Å². The maximum absolute atomic E-state index is 12.4. The first-order valence-electron chi connectivity index (χ1n) is 11.2.